The van der Waals surface area contributed by atoms with Crippen LogP contribution in [0.1, 0.15) is 0 Å². The topological polar surface area (TPSA) is 193 Å². The average Bonchev–Trinajstić information content (AvgIpc) is 3.17. The summed E-state index contributed by atoms with van der Waals surface area (Å²) >= 11 is 0. The number of rotatable bonds is 0. The summed E-state index contributed by atoms with van der Waals surface area (Å²) in [6, 6.07) is 11.1. The maximum atomic E-state index is 8.56. The molecule has 11 nitrogen and oxygen atoms in total. The van der Waals surface area contributed by atoms with Gasteiger partial charge >= 0.3 is 6.16 Å². The maximum Gasteiger partial charge on any atom is 0.503 e. The van der Waals surface area contributed by atoms with Crippen LogP contribution >= 0.6 is 0 Å². The summed E-state index contributed by atoms with van der Waals surface area (Å²) in [6.07, 6.45) is -1.83. The fourth-order valence-electron chi connectivity index (χ4n) is 1.78. The van der Waals surface area contributed by atoms with Crippen molar-refractivity contribution in [3.05, 3.63) is 36.4 Å². The second-order valence-corrected chi connectivity index (χ2v) is 4.39. The first-order valence-corrected chi connectivity index (χ1v) is 6.51. The third kappa shape index (κ3) is 6.48. The van der Waals surface area contributed by atoms with Crippen molar-refractivity contribution in [2.45, 2.75) is 0 Å². The number of hydrogen-bond donors (Lipinski definition) is 6. The zero-order valence-electron chi connectivity index (χ0n) is 12.8. The zero-order valence-corrected chi connectivity index (χ0v) is 15.8. The van der Waals surface area contributed by atoms with Crippen molar-refractivity contribution in [3.63, 3.8) is 0 Å². The third-order valence-electron chi connectivity index (χ3n) is 2.78. The summed E-state index contributed by atoms with van der Waals surface area (Å²) in [6.45, 7) is 0. The fraction of sp³-hybridized carbons (Fsp3) is 0. The van der Waals surface area contributed by atoms with Crippen LogP contribution in [0.2, 0.25) is 0 Å². The summed E-state index contributed by atoms with van der Waals surface area (Å²) in [5.74, 6) is 0. The predicted molar refractivity (Wildman–Crippen MR) is 87.3 cm³/mol. The van der Waals surface area contributed by atoms with Crippen molar-refractivity contribution in [2.75, 3.05) is 11.5 Å². The van der Waals surface area contributed by atoms with E-state index in [1.165, 1.54) is 0 Å². The van der Waals surface area contributed by atoms with Crippen molar-refractivity contribution in [1.82, 2.24) is 30.8 Å². The summed E-state index contributed by atoms with van der Waals surface area (Å²) in [5, 5.41) is 34.2. The van der Waals surface area contributed by atoms with Gasteiger partial charge in [0.1, 0.15) is 11.0 Å². The van der Waals surface area contributed by atoms with Gasteiger partial charge in [-0.05, 0) is 24.3 Å². The number of nitrogens with one attached hydrogen (secondary N) is 2. The Labute approximate surface area is 177 Å². The smallest absolute Gasteiger partial charge is 0.450 e. The van der Waals surface area contributed by atoms with Gasteiger partial charge in [-0.25, -0.2) is 4.79 Å². The van der Waals surface area contributed by atoms with E-state index in [9.17, 15) is 0 Å². The molecule has 0 atom stereocenters. The van der Waals surface area contributed by atoms with Crippen LogP contribution in [-0.2, 0) is 44.8 Å². The molecule has 0 fully saturated rings. The Morgan fingerprint density at radius 2 is 1.15 bits per heavy atom. The molecular weight excluding hydrogens is 532 g/mol. The van der Waals surface area contributed by atoms with Gasteiger partial charge < -0.3 is 21.7 Å². The van der Waals surface area contributed by atoms with Gasteiger partial charge in [0.2, 0.25) is 0 Å². The van der Waals surface area contributed by atoms with Crippen LogP contribution in [0.3, 0.4) is 0 Å². The van der Waals surface area contributed by atoms with Gasteiger partial charge in [0, 0.05) is 44.8 Å². The largest absolute Gasteiger partial charge is 0.503 e. The number of fused-ring (bicyclic) bond motifs is 2. The molecule has 8 N–H and O–H groups in total. The number of nitrogens with two attached hydrogens (primary N) is 2. The molecule has 0 saturated heterocycles. The standard InChI is InChI=1S/2C6H6N4.CH2O3.2Ag/c2*7-4-2-1-3-5-6(4)9-10-8-5;2-1(3)4;;/h2*1-3H,7H2,(H,8,9,10);(H2,2,3,4);;. The molecule has 0 unspecified atom stereocenters. The Morgan fingerprint density at radius 1 is 0.808 bits per heavy atom. The minimum absolute atomic E-state index is 0. The van der Waals surface area contributed by atoms with E-state index in [4.69, 9.17) is 26.5 Å². The van der Waals surface area contributed by atoms with Crippen LogP contribution in [0.25, 0.3) is 22.1 Å². The van der Waals surface area contributed by atoms with E-state index in [1.54, 1.807) is 12.1 Å². The summed E-state index contributed by atoms with van der Waals surface area (Å²) in [4.78, 5) is 8.56. The van der Waals surface area contributed by atoms with E-state index in [0.29, 0.717) is 11.4 Å². The van der Waals surface area contributed by atoms with E-state index in [0.717, 1.165) is 22.1 Å². The maximum absolute atomic E-state index is 8.56. The molecule has 0 aliphatic rings. The van der Waals surface area contributed by atoms with Crippen molar-refractivity contribution in [3.8, 4) is 0 Å². The molecular formula is C13H14Ag2N8O3. The van der Waals surface area contributed by atoms with Gasteiger partial charge in [-0.2, -0.15) is 0 Å². The first kappa shape index (κ1) is 23.6. The molecule has 0 bridgehead atoms. The van der Waals surface area contributed by atoms with E-state index in [1.807, 2.05) is 24.3 Å². The number of carboxylic acid groups (broad SMARTS) is 2. The quantitative estimate of drug-likeness (QED) is 0.139. The molecule has 4 aromatic rings. The number of nitrogen functional groups attached to an aromatic ring is 2. The minimum Gasteiger partial charge on any atom is -0.450 e. The summed E-state index contributed by atoms with van der Waals surface area (Å²) < 4.78 is 0. The Balaban J connectivity index is 0.000000378. The Hall–Kier alpha value is -2.41. The number of nitrogens with zero attached hydrogens (tertiary/aromatic N) is 4. The molecule has 0 amide bonds. The van der Waals surface area contributed by atoms with Crippen molar-refractivity contribution < 1.29 is 59.8 Å². The average molecular weight is 546 g/mol. The van der Waals surface area contributed by atoms with E-state index < -0.39 is 6.16 Å². The Bertz CT molecular complexity index is 883. The third-order valence-corrected chi connectivity index (χ3v) is 2.78. The summed E-state index contributed by atoms with van der Waals surface area (Å²) in [5.41, 5.74) is 15.7. The number of aromatic amines is 2. The Morgan fingerprint density at radius 3 is 1.46 bits per heavy atom. The predicted octanol–water partition coefficient (Wildman–Crippen LogP) is 1.30. The molecule has 2 aromatic carbocycles. The zero-order chi connectivity index (χ0) is 17.5. The SMILES string of the molecule is Nc1cccc2[nH]nnc12.Nc1cccc2[nH]nnc12.O=C(O)O.[Ag].[Ag]. The van der Waals surface area contributed by atoms with E-state index >= 15 is 0 Å². The minimum atomic E-state index is -1.83. The molecule has 2 heterocycles. The van der Waals surface area contributed by atoms with Crippen LogP contribution in [-0.4, -0.2) is 47.2 Å². The molecule has 26 heavy (non-hydrogen) atoms. The molecule has 0 saturated carbocycles. The molecule has 2 radical (unpaired) electrons. The van der Waals surface area contributed by atoms with Gasteiger partial charge in [-0.15, -0.1) is 10.2 Å². The molecule has 2 aromatic heterocycles. The normalized spacial score (nSPS) is 8.92. The first-order chi connectivity index (χ1) is 11.5. The summed E-state index contributed by atoms with van der Waals surface area (Å²) in [7, 11) is 0. The number of H-pyrrole nitrogens is 2. The molecule has 0 aliphatic heterocycles. The number of hydrogen-bond acceptors (Lipinski definition) is 7. The number of anilines is 2. The second-order valence-electron chi connectivity index (χ2n) is 4.39. The van der Waals surface area contributed by atoms with Crippen LogP contribution in [0.4, 0.5) is 16.2 Å². The second kappa shape index (κ2) is 11.3. The number of aromatic nitrogens is 6. The fourth-order valence-corrected chi connectivity index (χ4v) is 1.78. The number of carbonyl (C=O) groups is 1. The first-order valence-electron chi connectivity index (χ1n) is 6.51. The van der Waals surface area contributed by atoms with Crippen LogP contribution in [0, 0.1) is 0 Å². The van der Waals surface area contributed by atoms with Gasteiger partial charge in [-0.1, -0.05) is 22.6 Å². The molecule has 0 spiro atoms. The molecule has 13 heteroatoms. The van der Waals surface area contributed by atoms with Crippen LogP contribution < -0.4 is 11.5 Å². The van der Waals surface area contributed by atoms with E-state index in [2.05, 4.69) is 30.8 Å². The van der Waals surface area contributed by atoms with Crippen LogP contribution in [0.5, 0.6) is 0 Å². The number of benzene rings is 2. The van der Waals surface area contributed by atoms with Gasteiger partial charge in [0.05, 0.1) is 22.4 Å². The molecule has 146 valence electrons. The van der Waals surface area contributed by atoms with Gasteiger partial charge in [0.25, 0.3) is 0 Å². The van der Waals surface area contributed by atoms with Crippen molar-refractivity contribution in [1.29, 1.82) is 0 Å². The van der Waals surface area contributed by atoms with Crippen molar-refractivity contribution in [2.24, 2.45) is 0 Å². The van der Waals surface area contributed by atoms with Crippen molar-refractivity contribution >= 4 is 39.6 Å². The Kier molecular flexibility index (Phi) is 10.2. The van der Waals surface area contributed by atoms with Crippen LogP contribution in [0.15, 0.2) is 36.4 Å². The van der Waals surface area contributed by atoms with E-state index in [-0.39, 0.29) is 44.8 Å². The monoisotopic (exact) mass is 544 g/mol. The van der Waals surface area contributed by atoms with Gasteiger partial charge in [-0.3, -0.25) is 10.2 Å². The molecule has 0 aliphatic carbocycles. The molecule has 4 rings (SSSR count). The van der Waals surface area contributed by atoms with Gasteiger partial charge in [0.15, 0.2) is 0 Å².